The quantitative estimate of drug-likeness (QED) is 0.585. The van der Waals surface area contributed by atoms with Crippen LogP contribution in [-0.4, -0.2) is 43.8 Å². The van der Waals surface area contributed by atoms with E-state index in [4.69, 9.17) is 9.47 Å². The molecule has 8 nitrogen and oxygen atoms in total. The number of rotatable bonds is 8. The molecule has 0 spiro atoms. The second-order valence-electron chi connectivity index (χ2n) is 5.47. The van der Waals surface area contributed by atoms with Crippen molar-refractivity contribution in [3.8, 4) is 11.6 Å². The van der Waals surface area contributed by atoms with Crippen molar-refractivity contribution in [2.75, 3.05) is 25.1 Å². The SMILES string of the molecule is COc1nc(NS(=O)(=O)c2c[nH]c3cc(C(F)F)ccc23)ncc1OCCF. The van der Waals surface area contributed by atoms with E-state index in [0.717, 1.165) is 12.3 Å². The summed E-state index contributed by atoms with van der Waals surface area (Å²) in [4.78, 5) is 10.2. The number of fused-ring (bicyclic) bond motifs is 1. The highest BCUT2D eigenvalue weighted by Crippen LogP contribution is 2.29. The van der Waals surface area contributed by atoms with Gasteiger partial charge in [-0.3, -0.25) is 0 Å². The molecule has 0 aliphatic rings. The summed E-state index contributed by atoms with van der Waals surface area (Å²) < 4.78 is 75.4. The van der Waals surface area contributed by atoms with Crippen LogP contribution in [0.4, 0.5) is 19.1 Å². The van der Waals surface area contributed by atoms with Crippen LogP contribution >= 0.6 is 0 Å². The number of anilines is 1. The van der Waals surface area contributed by atoms with Crippen LogP contribution in [0.3, 0.4) is 0 Å². The van der Waals surface area contributed by atoms with Crippen LogP contribution in [-0.2, 0) is 10.0 Å². The molecule has 2 N–H and O–H groups in total. The number of H-pyrrole nitrogens is 1. The lowest BCUT2D eigenvalue weighted by atomic mass is 10.2. The van der Waals surface area contributed by atoms with Crippen LogP contribution in [0.5, 0.6) is 11.6 Å². The van der Waals surface area contributed by atoms with Gasteiger partial charge in [0.15, 0.2) is 5.75 Å². The summed E-state index contributed by atoms with van der Waals surface area (Å²) in [6, 6.07) is 3.61. The number of sulfonamides is 1. The first-order valence-corrected chi connectivity index (χ1v) is 9.36. The lowest BCUT2D eigenvalue weighted by Crippen LogP contribution is -2.15. The maximum absolute atomic E-state index is 12.8. The average molecular weight is 416 g/mol. The molecule has 3 aromatic rings. The Kier molecular flexibility index (Phi) is 5.58. The first-order valence-electron chi connectivity index (χ1n) is 7.87. The summed E-state index contributed by atoms with van der Waals surface area (Å²) >= 11 is 0. The molecule has 1 aromatic carbocycles. The van der Waals surface area contributed by atoms with Crippen LogP contribution < -0.4 is 14.2 Å². The van der Waals surface area contributed by atoms with Crippen LogP contribution in [0.25, 0.3) is 10.9 Å². The van der Waals surface area contributed by atoms with Gasteiger partial charge in [0, 0.05) is 22.7 Å². The number of aromatic nitrogens is 3. The summed E-state index contributed by atoms with van der Waals surface area (Å²) in [5.74, 6) is -0.334. The highest BCUT2D eigenvalue weighted by atomic mass is 32.2. The zero-order chi connectivity index (χ0) is 20.3. The molecule has 0 radical (unpaired) electrons. The van der Waals surface area contributed by atoms with E-state index >= 15 is 0 Å². The number of alkyl halides is 3. The molecule has 0 amide bonds. The van der Waals surface area contributed by atoms with E-state index in [-0.39, 0.29) is 45.5 Å². The van der Waals surface area contributed by atoms with Crippen molar-refractivity contribution in [1.82, 2.24) is 15.0 Å². The number of nitrogens with one attached hydrogen (secondary N) is 2. The van der Waals surface area contributed by atoms with Crippen LogP contribution in [0.1, 0.15) is 12.0 Å². The van der Waals surface area contributed by atoms with E-state index in [1.54, 1.807) is 0 Å². The van der Waals surface area contributed by atoms with E-state index in [1.807, 2.05) is 0 Å². The fourth-order valence-corrected chi connectivity index (χ4v) is 3.58. The van der Waals surface area contributed by atoms with Crippen molar-refractivity contribution in [1.29, 1.82) is 0 Å². The molecular formula is C16H15F3N4O4S. The number of methoxy groups -OCH3 is 1. The van der Waals surface area contributed by atoms with Crippen molar-refractivity contribution in [2.24, 2.45) is 0 Å². The van der Waals surface area contributed by atoms with Crippen LogP contribution in [0.15, 0.2) is 35.5 Å². The van der Waals surface area contributed by atoms with Gasteiger partial charge in [-0.1, -0.05) is 12.1 Å². The molecule has 150 valence electrons. The Balaban J connectivity index is 1.91. The number of benzene rings is 1. The standard InChI is InChI=1S/C16H15F3N4O4S/c1-26-15-12(27-5-4-17)7-21-16(22-15)23-28(24,25)13-8-20-11-6-9(14(18)19)2-3-10(11)13/h2-3,6-8,14,20H,4-5H2,1H3,(H,21,22,23). The number of hydrogen-bond acceptors (Lipinski definition) is 6. The van der Waals surface area contributed by atoms with E-state index in [1.165, 1.54) is 25.4 Å². The molecule has 3 rings (SSSR count). The third-order valence-corrected chi connectivity index (χ3v) is 5.05. The van der Waals surface area contributed by atoms with Crippen molar-refractivity contribution >= 4 is 26.9 Å². The maximum Gasteiger partial charge on any atom is 0.266 e. The molecular weight excluding hydrogens is 401 g/mol. The second-order valence-corrected chi connectivity index (χ2v) is 7.12. The van der Waals surface area contributed by atoms with Gasteiger partial charge in [-0.15, -0.1) is 0 Å². The molecule has 12 heteroatoms. The molecule has 0 aliphatic heterocycles. The highest BCUT2D eigenvalue weighted by Gasteiger charge is 2.22. The summed E-state index contributed by atoms with van der Waals surface area (Å²) in [6.45, 7) is -0.966. The fourth-order valence-electron chi connectivity index (χ4n) is 2.45. The zero-order valence-electron chi connectivity index (χ0n) is 14.4. The van der Waals surface area contributed by atoms with Crippen molar-refractivity contribution < 1.29 is 31.1 Å². The Hall–Kier alpha value is -3.02. The van der Waals surface area contributed by atoms with Gasteiger partial charge in [-0.2, -0.15) is 4.98 Å². The predicted octanol–water partition coefficient (Wildman–Crippen LogP) is 3.05. The fraction of sp³-hybridized carbons (Fsp3) is 0.250. The van der Waals surface area contributed by atoms with E-state index in [2.05, 4.69) is 19.7 Å². The minimum atomic E-state index is -4.13. The van der Waals surface area contributed by atoms with E-state index in [9.17, 15) is 21.6 Å². The van der Waals surface area contributed by atoms with Crippen LogP contribution in [0, 0.1) is 0 Å². The van der Waals surface area contributed by atoms with Crippen LogP contribution in [0.2, 0.25) is 0 Å². The normalized spacial score (nSPS) is 11.8. The highest BCUT2D eigenvalue weighted by molar-refractivity contribution is 7.93. The molecule has 0 aliphatic carbocycles. The number of ether oxygens (including phenoxy) is 2. The third kappa shape index (κ3) is 3.96. The first kappa shape index (κ1) is 19.7. The van der Waals surface area contributed by atoms with Gasteiger partial charge in [0.2, 0.25) is 5.95 Å². The zero-order valence-corrected chi connectivity index (χ0v) is 15.3. The number of nitrogens with zero attached hydrogens (tertiary/aromatic N) is 2. The molecule has 0 saturated carbocycles. The molecule has 0 bridgehead atoms. The van der Waals surface area contributed by atoms with Gasteiger partial charge in [-0.25, -0.2) is 31.3 Å². The summed E-state index contributed by atoms with van der Waals surface area (Å²) in [6.07, 6.45) is -0.355. The largest absolute Gasteiger partial charge is 0.484 e. The van der Waals surface area contributed by atoms with Gasteiger partial charge in [0.05, 0.1) is 13.3 Å². The summed E-state index contributed by atoms with van der Waals surface area (Å²) in [5, 5.41) is 0.228. The van der Waals surface area contributed by atoms with Gasteiger partial charge < -0.3 is 14.5 Å². The summed E-state index contributed by atoms with van der Waals surface area (Å²) in [7, 11) is -2.85. The Morgan fingerprint density at radius 2 is 2.11 bits per heavy atom. The Bertz CT molecular complexity index is 1090. The van der Waals surface area contributed by atoms with E-state index < -0.39 is 23.1 Å². The topological polar surface area (TPSA) is 106 Å². The number of halogens is 3. The Morgan fingerprint density at radius 1 is 1.32 bits per heavy atom. The first-order chi connectivity index (χ1) is 13.4. The Labute approximate surface area is 157 Å². The maximum atomic E-state index is 12.8. The second kappa shape index (κ2) is 7.92. The average Bonchev–Trinajstić information content (AvgIpc) is 3.10. The lowest BCUT2D eigenvalue weighted by Gasteiger charge is -2.10. The molecule has 0 saturated heterocycles. The lowest BCUT2D eigenvalue weighted by molar-refractivity contribution is 0.151. The minimum Gasteiger partial charge on any atom is -0.484 e. The number of aromatic amines is 1. The van der Waals surface area contributed by atoms with Crippen molar-refractivity contribution in [3.63, 3.8) is 0 Å². The Morgan fingerprint density at radius 3 is 2.79 bits per heavy atom. The number of hydrogen-bond donors (Lipinski definition) is 2. The van der Waals surface area contributed by atoms with Gasteiger partial charge in [-0.05, 0) is 6.07 Å². The van der Waals surface area contributed by atoms with Crippen molar-refractivity contribution in [3.05, 3.63) is 36.2 Å². The third-order valence-electron chi connectivity index (χ3n) is 3.69. The molecule has 28 heavy (non-hydrogen) atoms. The minimum absolute atomic E-state index is 0.0507. The van der Waals surface area contributed by atoms with Crippen molar-refractivity contribution in [2.45, 2.75) is 11.3 Å². The molecule has 0 fully saturated rings. The monoisotopic (exact) mass is 416 g/mol. The summed E-state index contributed by atoms with van der Waals surface area (Å²) in [5.41, 5.74) is 0.00911. The molecule has 2 aromatic heterocycles. The van der Waals surface area contributed by atoms with Gasteiger partial charge >= 0.3 is 0 Å². The van der Waals surface area contributed by atoms with Gasteiger partial charge in [0.25, 0.3) is 22.3 Å². The molecule has 0 atom stereocenters. The van der Waals surface area contributed by atoms with E-state index in [0.29, 0.717) is 0 Å². The molecule has 2 heterocycles. The predicted molar refractivity (Wildman–Crippen MR) is 94.1 cm³/mol. The molecule has 0 unspecified atom stereocenters. The van der Waals surface area contributed by atoms with Gasteiger partial charge in [0.1, 0.15) is 18.2 Å². The smallest absolute Gasteiger partial charge is 0.266 e.